The van der Waals surface area contributed by atoms with Crippen molar-refractivity contribution in [1.29, 1.82) is 0 Å². The summed E-state index contributed by atoms with van der Waals surface area (Å²) >= 11 is 0. The van der Waals surface area contributed by atoms with Crippen LogP contribution in [0.15, 0.2) is 0 Å². The van der Waals surface area contributed by atoms with Crippen LogP contribution >= 0.6 is 0 Å². The summed E-state index contributed by atoms with van der Waals surface area (Å²) in [4.78, 5) is 23.8. The van der Waals surface area contributed by atoms with Gasteiger partial charge in [0.15, 0.2) is 0 Å². The fraction of sp³-hybridized carbons (Fsp3) is 0.957. The van der Waals surface area contributed by atoms with Crippen LogP contribution in [0.25, 0.3) is 0 Å². The van der Waals surface area contributed by atoms with Gasteiger partial charge in [0.25, 0.3) is 0 Å². The average molecular weight is 735 g/mol. The van der Waals surface area contributed by atoms with E-state index in [-0.39, 0.29) is 11.8 Å². The van der Waals surface area contributed by atoms with Gasteiger partial charge >= 0.3 is 5.97 Å². The highest BCUT2D eigenvalue weighted by molar-refractivity contribution is 5.77. The Balaban J connectivity index is 3.32. The smallest absolute Gasteiger partial charge is 0.306 e. The molecule has 0 rings (SSSR count). The van der Waals surface area contributed by atoms with E-state index in [4.69, 9.17) is 0 Å². The molecule has 310 valence electrons. The second-order valence-electron chi connectivity index (χ2n) is 16.5. The van der Waals surface area contributed by atoms with Crippen molar-refractivity contribution in [2.45, 2.75) is 264 Å². The molecule has 1 atom stereocenters. The van der Waals surface area contributed by atoms with Crippen molar-refractivity contribution < 1.29 is 14.7 Å². The van der Waals surface area contributed by atoms with Crippen molar-refractivity contribution in [2.75, 3.05) is 19.6 Å². The summed E-state index contributed by atoms with van der Waals surface area (Å²) in [6.07, 6.45) is 51.3. The van der Waals surface area contributed by atoms with E-state index in [1.54, 1.807) is 0 Å². The predicted octanol–water partition coefficient (Wildman–Crippen LogP) is 14.6. The molecule has 0 saturated carbocycles. The normalized spacial score (nSPS) is 12.0. The van der Waals surface area contributed by atoms with Crippen molar-refractivity contribution in [3.8, 4) is 0 Å². The van der Waals surface area contributed by atoms with Crippen LogP contribution in [0.3, 0.4) is 0 Å². The maximum Gasteiger partial charge on any atom is 0.306 e. The van der Waals surface area contributed by atoms with Gasteiger partial charge in [0.2, 0.25) is 5.91 Å². The zero-order chi connectivity index (χ0) is 37.8. The lowest BCUT2D eigenvalue weighted by molar-refractivity contribution is -0.142. The van der Waals surface area contributed by atoms with Crippen LogP contribution in [0.1, 0.15) is 264 Å². The fourth-order valence-corrected chi connectivity index (χ4v) is 7.67. The van der Waals surface area contributed by atoms with Crippen LogP contribution in [0.2, 0.25) is 0 Å². The average Bonchev–Trinajstić information content (AvgIpc) is 3.14. The van der Waals surface area contributed by atoms with E-state index >= 15 is 0 Å². The van der Waals surface area contributed by atoms with Crippen molar-refractivity contribution in [1.82, 2.24) is 10.6 Å². The van der Waals surface area contributed by atoms with Crippen LogP contribution in [0.5, 0.6) is 0 Å². The Morgan fingerprint density at radius 1 is 0.385 bits per heavy atom. The van der Waals surface area contributed by atoms with Crippen LogP contribution in [0, 0.1) is 5.92 Å². The lowest BCUT2D eigenvalue weighted by atomic mass is 9.95. The van der Waals surface area contributed by atoms with Gasteiger partial charge < -0.3 is 15.7 Å². The molecule has 0 heterocycles. The number of unbranched alkanes of at least 4 members (excludes halogenated alkanes) is 34. The van der Waals surface area contributed by atoms with Gasteiger partial charge in [-0.15, -0.1) is 0 Å². The Hall–Kier alpha value is -1.10. The summed E-state index contributed by atoms with van der Waals surface area (Å²) < 4.78 is 0. The minimum Gasteiger partial charge on any atom is -0.481 e. The highest BCUT2D eigenvalue weighted by Crippen LogP contribution is 2.19. The Kier molecular flexibility index (Phi) is 43.4. The molecule has 0 aliphatic rings. The number of rotatable bonds is 45. The summed E-state index contributed by atoms with van der Waals surface area (Å²) in [7, 11) is 0. The van der Waals surface area contributed by atoms with Gasteiger partial charge in [-0.05, 0) is 32.2 Å². The van der Waals surface area contributed by atoms with E-state index < -0.39 is 5.97 Å². The number of carboxylic acids is 1. The maximum absolute atomic E-state index is 12.1. The van der Waals surface area contributed by atoms with Gasteiger partial charge in [0.1, 0.15) is 0 Å². The number of nitrogens with one attached hydrogen (secondary N) is 2. The van der Waals surface area contributed by atoms with Gasteiger partial charge in [-0.3, -0.25) is 9.59 Å². The Morgan fingerprint density at radius 2 is 0.654 bits per heavy atom. The SMILES string of the molecule is CCCCCCCCCCCCCCCCCCCCCCCCCCCCNC(=O)CNCCCCC(CCCCCCCCCCC)C(=O)O. The molecule has 0 aliphatic carbocycles. The van der Waals surface area contributed by atoms with Crippen LogP contribution in [-0.2, 0) is 9.59 Å². The molecule has 0 aliphatic heterocycles. The molecule has 0 fully saturated rings. The van der Waals surface area contributed by atoms with Crippen LogP contribution < -0.4 is 10.6 Å². The van der Waals surface area contributed by atoms with E-state index in [2.05, 4.69) is 24.5 Å². The predicted molar refractivity (Wildman–Crippen MR) is 228 cm³/mol. The largest absolute Gasteiger partial charge is 0.481 e. The number of amides is 1. The first-order chi connectivity index (χ1) is 25.6. The van der Waals surface area contributed by atoms with Gasteiger partial charge in [0, 0.05) is 6.54 Å². The lowest BCUT2D eigenvalue weighted by Gasteiger charge is -2.12. The minimum atomic E-state index is -0.641. The molecule has 0 radical (unpaired) electrons. The number of hydrogen-bond acceptors (Lipinski definition) is 3. The van der Waals surface area contributed by atoms with Gasteiger partial charge in [-0.25, -0.2) is 0 Å². The number of carbonyl (C=O) groups excluding carboxylic acids is 1. The molecule has 0 aromatic heterocycles. The molecule has 5 nitrogen and oxygen atoms in total. The number of aliphatic carboxylic acids is 1. The van der Waals surface area contributed by atoms with E-state index in [1.807, 2.05) is 0 Å². The van der Waals surface area contributed by atoms with Gasteiger partial charge in [-0.1, -0.05) is 239 Å². The summed E-state index contributed by atoms with van der Waals surface area (Å²) in [5.74, 6) is -0.775. The second-order valence-corrected chi connectivity index (χ2v) is 16.5. The monoisotopic (exact) mass is 735 g/mol. The molecule has 1 amide bonds. The second kappa shape index (κ2) is 44.3. The molecular weight excluding hydrogens is 641 g/mol. The van der Waals surface area contributed by atoms with Crippen molar-refractivity contribution in [2.24, 2.45) is 5.92 Å². The Morgan fingerprint density at radius 3 is 0.981 bits per heavy atom. The lowest BCUT2D eigenvalue weighted by Crippen LogP contribution is -2.34. The molecule has 0 aromatic carbocycles. The van der Waals surface area contributed by atoms with E-state index in [0.29, 0.717) is 6.54 Å². The Bertz CT molecular complexity index is 715. The molecule has 0 bridgehead atoms. The number of carboxylic acid groups (broad SMARTS) is 1. The molecule has 0 spiro atoms. The molecule has 1 unspecified atom stereocenters. The molecular formula is C47H94N2O3. The zero-order valence-electron chi connectivity index (χ0n) is 35.5. The fourth-order valence-electron chi connectivity index (χ4n) is 7.67. The summed E-state index contributed by atoms with van der Waals surface area (Å²) in [5.41, 5.74) is 0. The molecule has 0 saturated heterocycles. The van der Waals surface area contributed by atoms with Crippen molar-refractivity contribution in [3.63, 3.8) is 0 Å². The number of carbonyl (C=O) groups is 2. The third kappa shape index (κ3) is 41.7. The minimum absolute atomic E-state index is 0.0772. The third-order valence-corrected chi connectivity index (χ3v) is 11.3. The summed E-state index contributed by atoms with van der Waals surface area (Å²) in [6, 6.07) is 0. The first-order valence-corrected chi connectivity index (χ1v) is 23.8. The van der Waals surface area contributed by atoms with Crippen LogP contribution in [-0.4, -0.2) is 36.6 Å². The maximum atomic E-state index is 12.1. The molecule has 0 aromatic rings. The summed E-state index contributed by atoms with van der Waals surface area (Å²) in [5, 5.41) is 15.9. The van der Waals surface area contributed by atoms with E-state index in [0.717, 1.165) is 58.0 Å². The quantitative estimate of drug-likeness (QED) is 0.0544. The van der Waals surface area contributed by atoms with Crippen molar-refractivity contribution in [3.05, 3.63) is 0 Å². The topological polar surface area (TPSA) is 78.4 Å². The van der Waals surface area contributed by atoms with Gasteiger partial charge in [-0.2, -0.15) is 0 Å². The molecule has 52 heavy (non-hydrogen) atoms. The highest BCUT2D eigenvalue weighted by atomic mass is 16.4. The Labute approximate surface area is 326 Å². The first kappa shape index (κ1) is 50.9. The third-order valence-electron chi connectivity index (χ3n) is 11.3. The highest BCUT2D eigenvalue weighted by Gasteiger charge is 2.16. The molecule has 5 heteroatoms. The standard InChI is InChI=1S/C47H94N2O3/c1-3-5-7-9-11-13-14-15-16-17-18-19-20-21-22-23-24-25-26-27-28-29-31-33-35-38-43-49-46(50)44-48-42-39-37-41-45(47(51)52)40-36-34-32-30-12-10-8-6-4-2/h45,48H,3-44H2,1-2H3,(H,49,50)(H,51,52). The van der Waals surface area contributed by atoms with Crippen LogP contribution in [0.4, 0.5) is 0 Å². The first-order valence-electron chi connectivity index (χ1n) is 23.8. The number of hydrogen-bond donors (Lipinski definition) is 3. The van der Waals surface area contributed by atoms with Crippen molar-refractivity contribution >= 4 is 11.9 Å². The van der Waals surface area contributed by atoms with Gasteiger partial charge in [0.05, 0.1) is 12.5 Å². The van der Waals surface area contributed by atoms with E-state index in [9.17, 15) is 14.7 Å². The zero-order valence-corrected chi connectivity index (χ0v) is 35.5. The summed E-state index contributed by atoms with van der Waals surface area (Å²) in [6.45, 7) is 6.46. The van der Waals surface area contributed by atoms with E-state index in [1.165, 1.54) is 205 Å². The molecule has 3 N–H and O–H groups in total.